The van der Waals surface area contributed by atoms with Gasteiger partial charge in [-0.25, -0.2) is 4.68 Å². The first-order chi connectivity index (χ1) is 15.3. The molecule has 3 aromatic rings. The molecule has 3 N–H and O–H groups in total. The Bertz CT molecular complexity index is 1190. The summed E-state index contributed by atoms with van der Waals surface area (Å²) < 4.78 is 7.93. The summed E-state index contributed by atoms with van der Waals surface area (Å²) in [4.78, 5) is 33.0. The van der Waals surface area contributed by atoms with Crippen molar-refractivity contribution in [3.8, 4) is 5.88 Å². The van der Waals surface area contributed by atoms with Gasteiger partial charge in [0.15, 0.2) is 5.65 Å². The molecule has 3 aromatic heterocycles. The molecule has 0 aliphatic carbocycles. The number of carbonyl (C=O) groups excluding carboxylic acids is 1. The van der Waals surface area contributed by atoms with Crippen LogP contribution in [0.15, 0.2) is 23.1 Å². The maximum Gasteiger partial charge on any atom is 0.253 e. The summed E-state index contributed by atoms with van der Waals surface area (Å²) in [5, 5.41) is 11.3. The molecule has 1 fully saturated rings. The van der Waals surface area contributed by atoms with E-state index in [2.05, 4.69) is 25.7 Å². The van der Waals surface area contributed by atoms with Crippen LogP contribution in [-0.4, -0.2) is 44.8 Å². The SMILES string of the molecule is Cc1cc(C)c(CNC(=O)c2cc(OC3CCNCC3)nc3c2cnn3C(C)C)c(=O)[nH]1. The van der Waals surface area contributed by atoms with E-state index in [0.29, 0.717) is 28.0 Å². The quantitative estimate of drug-likeness (QED) is 0.545. The van der Waals surface area contributed by atoms with Gasteiger partial charge in [0.2, 0.25) is 5.88 Å². The third kappa shape index (κ3) is 4.52. The minimum Gasteiger partial charge on any atom is -0.474 e. The average Bonchev–Trinajstić information content (AvgIpc) is 3.17. The predicted octanol–water partition coefficient (Wildman–Crippen LogP) is 2.38. The second kappa shape index (κ2) is 9.12. The Morgan fingerprint density at radius 3 is 2.72 bits per heavy atom. The van der Waals surface area contributed by atoms with E-state index in [1.165, 1.54) is 0 Å². The normalized spacial score (nSPS) is 14.8. The van der Waals surface area contributed by atoms with Gasteiger partial charge in [0.05, 0.1) is 17.1 Å². The Morgan fingerprint density at radius 2 is 2.03 bits per heavy atom. The third-order valence-electron chi connectivity index (χ3n) is 5.77. The summed E-state index contributed by atoms with van der Waals surface area (Å²) in [6.07, 6.45) is 3.50. The van der Waals surface area contributed by atoms with Gasteiger partial charge in [-0.2, -0.15) is 10.1 Å². The number of aromatic amines is 1. The van der Waals surface area contributed by atoms with Gasteiger partial charge in [-0.1, -0.05) is 0 Å². The van der Waals surface area contributed by atoms with E-state index in [1.807, 2.05) is 33.8 Å². The van der Waals surface area contributed by atoms with Gasteiger partial charge in [-0.15, -0.1) is 0 Å². The molecule has 1 aliphatic rings. The summed E-state index contributed by atoms with van der Waals surface area (Å²) in [5.41, 5.74) is 3.03. The second-order valence-electron chi connectivity index (χ2n) is 8.62. The fourth-order valence-electron chi connectivity index (χ4n) is 4.07. The Hall–Kier alpha value is -3.20. The van der Waals surface area contributed by atoms with Crippen LogP contribution < -0.4 is 20.9 Å². The number of amides is 1. The number of pyridine rings is 2. The van der Waals surface area contributed by atoms with Crippen molar-refractivity contribution in [1.82, 2.24) is 30.4 Å². The molecule has 9 nitrogen and oxygen atoms in total. The molecule has 4 rings (SSSR count). The molecule has 1 aliphatic heterocycles. The van der Waals surface area contributed by atoms with Gasteiger partial charge in [-0.05, 0) is 65.3 Å². The zero-order chi connectivity index (χ0) is 22.8. The van der Waals surface area contributed by atoms with Crippen molar-refractivity contribution in [3.05, 3.63) is 51.1 Å². The molecule has 4 heterocycles. The molecule has 0 bridgehead atoms. The third-order valence-corrected chi connectivity index (χ3v) is 5.77. The van der Waals surface area contributed by atoms with E-state index < -0.39 is 0 Å². The van der Waals surface area contributed by atoms with E-state index in [0.717, 1.165) is 37.2 Å². The number of hydrogen-bond donors (Lipinski definition) is 3. The van der Waals surface area contributed by atoms with Crippen LogP contribution in [0.1, 0.15) is 59.9 Å². The van der Waals surface area contributed by atoms with Gasteiger partial charge in [0.25, 0.3) is 11.5 Å². The van der Waals surface area contributed by atoms with Crippen molar-refractivity contribution < 1.29 is 9.53 Å². The van der Waals surface area contributed by atoms with Crippen LogP contribution in [0.5, 0.6) is 5.88 Å². The number of fused-ring (bicyclic) bond motifs is 1. The first kappa shape index (κ1) is 22.0. The molecular weight excluding hydrogens is 408 g/mol. The molecule has 1 saturated heterocycles. The maximum atomic E-state index is 13.2. The van der Waals surface area contributed by atoms with Crippen LogP contribution >= 0.6 is 0 Å². The first-order valence-corrected chi connectivity index (χ1v) is 11.1. The molecular formula is C23H30N6O3. The molecule has 9 heteroatoms. The average molecular weight is 439 g/mol. The number of nitrogens with one attached hydrogen (secondary N) is 3. The molecule has 0 radical (unpaired) electrons. The van der Waals surface area contributed by atoms with Crippen molar-refractivity contribution in [2.75, 3.05) is 13.1 Å². The summed E-state index contributed by atoms with van der Waals surface area (Å²) in [7, 11) is 0. The van der Waals surface area contributed by atoms with Crippen molar-refractivity contribution in [1.29, 1.82) is 0 Å². The summed E-state index contributed by atoms with van der Waals surface area (Å²) in [6, 6.07) is 3.66. The van der Waals surface area contributed by atoms with Gasteiger partial charge in [-0.3, -0.25) is 9.59 Å². The Kier molecular flexibility index (Phi) is 6.27. The molecule has 32 heavy (non-hydrogen) atoms. The standard InChI is InChI=1S/C23H30N6O3/c1-13(2)29-21-19(12-26-29)17(10-20(28-21)32-16-5-7-24-8-6-16)22(30)25-11-18-14(3)9-15(4)27-23(18)31/h9-10,12-13,16,24H,5-8,11H2,1-4H3,(H,25,30)(H,27,31). The summed E-state index contributed by atoms with van der Waals surface area (Å²) in [5.74, 6) is 0.122. The summed E-state index contributed by atoms with van der Waals surface area (Å²) in [6.45, 7) is 9.66. The zero-order valence-electron chi connectivity index (χ0n) is 19.0. The highest BCUT2D eigenvalue weighted by Crippen LogP contribution is 2.26. The topological polar surface area (TPSA) is 114 Å². The van der Waals surface area contributed by atoms with Crippen molar-refractivity contribution in [2.24, 2.45) is 0 Å². The molecule has 0 unspecified atom stereocenters. The number of hydrogen-bond acceptors (Lipinski definition) is 6. The van der Waals surface area contributed by atoms with E-state index in [-0.39, 0.29) is 30.2 Å². The van der Waals surface area contributed by atoms with Gasteiger partial charge in [0.1, 0.15) is 6.10 Å². The number of piperidine rings is 1. The highest BCUT2D eigenvalue weighted by Gasteiger charge is 2.21. The summed E-state index contributed by atoms with van der Waals surface area (Å²) >= 11 is 0. The second-order valence-corrected chi connectivity index (χ2v) is 8.62. The van der Waals surface area contributed by atoms with E-state index in [9.17, 15) is 9.59 Å². The molecule has 0 atom stereocenters. The highest BCUT2D eigenvalue weighted by atomic mass is 16.5. The van der Waals surface area contributed by atoms with Crippen molar-refractivity contribution >= 4 is 16.9 Å². The molecule has 170 valence electrons. The van der Waals surface area contributed by atoms with E-state index in [1.54, 1.807) is 16.9 Å². The van der Waals surface area contributed by atoms with Crippen LogP contribution in [-0.2, 0) is 6.54 Å². The lowest BCUT2D eigenvalue weighted by Crippen LogP contribution is -2.34. The van der Waals surface area contributed by atoms with Crippen molar-refractivity contribution in [2.45, 2.75) is 59.2 Å². The lowest BCUT2D eigenvalue weighted by molar-refractivity contribution is 0.0950. The fraction of sp³-hybridized carbons (Fsp3) is 0.478. The van der Waals surface area contributed by atoms with Gasteiger partial charge in [0, 0.05) is 29.9 Å². The Labute approximate surface area is 186 Å². The number of rotatable bonds is 6. The van der Waals surface area contributed by atoms with Gasteiger partial charge >= 0.3 is 0 Å². The number of aromatic nitrogens is 4. The van der Waals surface area contributed by atoms with Crippen LogP contribution in [0.3, 0.4) is 0 Å². The molecule has 0 aromatic carbocycles. The van der Waals surface area contributed by atoms with Crippen LogP contribution in [0.2, 0.25) is 0 Å². The van der Waals surface area contributed by atoms with E-state index in [4.69, 9.17) is 4.74 Å². The minimum atomic E-state index is -0.296. The maximum absolute atomic E-state index is 13.2. The zero-order valence-corrected chi connectivity index (χ0v) is 19.0. The van der Waals surface area contributed by atoms with Gasteiger partial charge < -0.3 is 20.4 Å². The predicted molar refractivity (Wildman–Crippen MR) is 122 cm³/mol. The van der Waals surface area contributed by atoms with Crippen LogP contribution in [0.4, 0.5) is 0 Å². The Morgan fingerprint density at radius 1 is 1.28 bits per heavy atom. The smallest absolute Gasteiger partial charge is 0.253 e. The minimum absolute atomic E-state index is 0.0568. The lowest BCUT2D eigenvalue weighted by atomic mass is 10.1. The van der Waals surface area contributed by atoms with Crippen LogP contribution in [0.25, 0.3) is 11.0 Å². The molecule has 0 spiro atoms. The van der Waals surface area contributed by atoms with E-state index >= 15 is 0 Å². The number of ether oxygens (including phenoxy) is 1. The number of carbonyl (C=O) groups is 1. The largest absolute Gasteiger partial charge is 0.474 e. The molecule has 0 saturated carbocycles. The first-order valence-electron chi connectivity index (χ1n) is 11.1. The Balaban J connectivity index is 1.65. The molecule has 1 amide bonds. The van der Waals surface area contributed by atoms with Crippen LogP contribution in [0, 0.1) is 13.8 Å². The fourth-order valence-corrected chi connectivity index (χ4v) is 4.07. The van der Waals surface area contributed by atoms with Crippen molar-refractivity contribution in [3.63, 3.8) is 0 Å². The number of nitrogens with zero attached hydrogens (tertiary/aromatic N) is 3. The number of aryl methyl sites for hydroxylation is 2. The number of H-pyrrole nitrogens is 1. The monoisotopic (exact) mass is 438 g/mol. The highest BCUT2D eigenvalue weighted by molar-refractivity contribution is 6.05. The lowest BCUT2D eigenvalue weighted by Gasteiger charge is -2.23.